The van der Waals surface area contributed by atoms with Crippen molar-refractivity contribution in [3.05, 3.63) is 158 Å². The van der Waals surface area contributed by atoms with Crippen LogP contribution in [0.15, 0.2) is 171 Å². The summed E-state index contributed by atoms with van der Waals surface area (Å²) in [5.74, 6) is 0.576. The lowest BCUT2D eigenvalue weighted by atomic mass is 10.0. The van der Waals surface area contributed by atoms with Crippen LogP contribution >= 0.6 is 0 Å². The minimum absolute atomic E-state index is 0.576. The van der Waals surface area contributed by atoms with E-state index in [9.17, 15) is 0 Å². The van der Waals surface area contributed by atoms with Gasteiger partial charge in [-0.25, -0.2) is 4.98 Å². The average Bonchev–Trinajstić information content (AvgIpc) is 3.88. The summed E-state index contributed by atoms with van der Waals surface area (Å²) in [6.07, 6.45) is 0. The highest BCUT2D eigenvalue weighted by molar-refractivity contribution is 6.16. The maximum Gasteiger partial charge on any atom is 0.228 e. The first kappa shape index (κ1) is 27.1. The molecular formula is C45H26N2O3. The maximum absolute atomic E-state index is 6.58. The van der Waals surface area contributed by atoms with Crippen LogP contribution in [-0.4, -0.2) is 4.98 Å². The molecule has 0 spiro atoms. The Morgan fingerprint density at radius 3 is 1.86 bits per heavy atom. The summed E-state index contributed by atoms with van der Waals surface area (Å²) in [5.41, 5.74) is 8.83. The van der Waals surface area contributed by atoms with E-state index in [2.05, 4.69) is 126 Å². The molecule has 0 aliphatic heterocycles. The molecule has 0 radical (unpaired) electrons. The summed E-state index contributed by atoms with van der Waals surface area (Å²) < 4.78 is 19.6. The van der Waals surface area contributed by atoms with Gasteiger partial charge in [-0.15, -0.1) is 0 Å². The van der Waals surface area contributed by atoms with Crippen molar-refractivity contribution in [1.29, 1.82) is 0 Å². The fraction of sp³-hybridized carbons (Fsp3) is 0. The van der Waals surface area contributed by atoms with Crippen molar-refractivity contribution in [2.24, 2.45) is 0 Å². The standard InChI is InChI=1S/C45H26N2O3/c1-2-11-29(12-3-1)47(30-19-22-34-35-21-17-27-9-4-6-13-32(27)43(35)49-40(34)25-30)31-20-23-36-41(26-31)48-39-16-8-15-37(42(36)39)45-46-38-24-18-28-10-5-7-14-33(28)44(38)50-45/h1-26H. The Hall–Kier alpha value is -6.85. The minimum Gasteiger partial charge on any atom is -0.456 e. The molecule has 0 unspecified atom stereocenters. The number of oxazole rings is 1. The Bertz CT molecular complexity index is 3110. The minimum atomic E-state index is 0.576. The first-order valence-corrected chi connectivity index (χ1v) is 16.7. The van der Waals surface area contributed by atoms with Gasteiger partial charge in [0.05, 0.1) is 0 Å². The molecule has 0 bridgehead atoms. The molecule has 3 aromatic heterocycles. The summed E-state index contributed by atoms with van der Waals surface area (Å²) in [5, 5.41) is 8.64. The van der Waals surface area contributed by atoms with E-state index in [1.807, 2.05) is 36.4 Å². The monoisotopic (exact) mass is 642 g/mol. The molecule has 0 aliphatic rings. The van der Waals surface area contributed by atoms with E-state index in [0.717, 1.165) is 99.1 Å². The number of nitrogens with zero attached hydrogens (tertiary/aromatic N) is 2. The molecule has 234 valence electrons. The molecule has 11 rings (SSSR count). The van der Waals surface area contributed by atoms with Crippen molar-refractivity contribution >= 4 is 93.6 Å². The zero-order chi connectivity index (χ0) is 32.8. The van der Waals surface area contributed by atoms with Gasteiger partial charge < -0.3 is 18.2 Å². The van der Waals surface area contributed by atoms with E-state index in [1.54, 1.807) is 0 Å². The van der Waals surface area contributed by atoms with Crippen LogP contribution in [0.3, 0.4) is 0 Å². The molecule has 0 atom stereocenters. The van der Waals surface area contributed by atoms with Gasteiger partial charge in [0.2, 0.25) is 5.89 Å². The Balaban J connectivity index is 1.07. The predicted octanol–water partition coefficient (Wildman–Crippen LogP) is 13.1. The van der Waals surface area contributed by atoms with Gasteiger partial charge in [0.1, 0.15) is 27.8 Å². The second kappa shape index (κ2) is 10.3. The van der Waals surface area contributed by atoms with E-state index in [0.29, 0.717) is 5.89 Å². The third-order valence-electron chi connectivity index (χ3n) is 9.87. The largest absolute Gasteiger partial charge is 0.456 e. The van der Waals surface area contributed by atoms with Crippen molar-refractivity contribution < 1.29 is 13.3 Å². The number of rotatable bonds is 4. The van der Waals surface area contributed by atoms with Crippen LogP contribution in [-0.2, 0) is 0 Å². The van der Waals surface area contributed by atoms with E-state index >= 15 is 0 Å². The van der Waals surface area contributed by atoms with Gasteiger partial charge in [-0.05, 0) is 71.4 Å². The van der Waals surface area contributed by atoms with Crippen LogP contribution in [0.2, 0.25) is 0 Å². The lowest BCUT2D eigenvalue weighted by Crippen LogP contribution is -2.09. The number of anilines is 3. The second-order valence-electron chi connectivity index (χ2n) is 12.7. The molecule has 0 N–H and O–H groups in total. The zero-order valence-corrected chi connectivity index (χ0v) is 26.6. The highest BCUT2D eigenvalue weighted by atomic mass is 16.4. The molecule has 3 heterocycles. The first-order valence-electron chi connectivity index (χ1n) is 16.7. The lowest BCUT2D eigenvalue weighted by molar-refractivity contribution is 0.623. The SMILES string of the molecule is c1ccc(N(c2ccc3c(c2)oc2c4ccccc4ccc32)c2ccc3c(c2)oc2cccc(-c4nc5ccc6ccccc6c5o4)c23)cc1. The average molecular weight is 643 g/mol. The highest BCUT2D eigenvalue weighted by Crippen LogP contribution is 2.43. The summed E-state index contributed by atoms with van der Waals surface area (Å²) in [6.45, 7) is 0. The molecule has 0 aliphatic carbocycles. The molecule has 5 nitrogen and oxygen atoms in total. The normalized spacial score (nSPS) is 12.0. The van der Waals surface area contributed by atoms with Crippen molar-refractivity contribution in [1.82, 2.24) is 4.98 Å². The Morgan fingerprint density at radius 1 is 0.400 bits per heavy atom. The quantitative estimate of drug-likeness (QED) is 0.191. The van der Waals surface area contributed by atoms with Crippen LogP contribution < -0.4 is 4.90 Å². The van der Waals surface area contributed by atoms with Gasteiger partial charge in [-0.3, -0.25) is 0 Å². The molecular weight excluding hydrogens is 617 g/mol. The number of benzene rings is 8. The third-order valence-corrected chi connectivity index (χ3v) is 9.87. The molecule has 0 amide bonds. The summed E-state index contributed by atoms with van der Waals surface area (Å²) in [4.78, 5) is 7.17. The third kappa shape index (κ3) is 3.98. The number of aromatic nitrogens is 1. The van der Waals surface area contributed by atoms with Gasteiger partial charge in [0.15, 0.2) is 5.58 Å². The van der Waals surface area contributed by atoms with Crippen LogP contribution in [0.4, 0.5) is 17.1 Å². The van der Waals surface area contributed by atoms with Crippen molar-refractivity contribution in [2.75, 3.05) is 4.90 Å². The fourth-order valence-corrected chi connectivity index (χ4v) is 7.56. The van der Waals surface area contributed by atoms with Gasteiger partial charge in [-0.1, -0.05) is 84.9 Å². The second-order valence-corrected chi connectivity index (χ2v) is 12.7. The molecule has 0 fully saturated rings. The fourth-order valence-electron chi connectivity index (χ4n) is 7.56. The topological polar surface area (TPSA) is 55.6 Å². The van der Waals surface area contributed by atoms with Crippen molar-refractivity contribution in [3.63, 3.8) is 0 Å². The van der Waals surface area contributed by atoms with Crippen LogP contribution in [0.5, 0.6) is 0 Å². The van der Waals surface area contributed by atoms with E-state index in [-0.39, 0.29) is 0 Å². The predicted molar refractivity (Wildman–Crippen MR) is 204 cm³/mol. The van der Waals surface area contributed by atoms with E-state index < -0.39 is 0 Å². The zero-order valence-electron chi connectivity index (χ0n) is 26.6. The van der Waals surface area contributed by atoms with Crippen LogP contribution in [0.25, 0.3) is 88.0 Å². The summed E-state index contributed by atoms with van der Waals surface area (Å²) in [7, 11) is 0. The molecule has 0 saturated heterocycles. The lowest BCUT2D eigenvalue weighted by Gasteiger charge is -2.25. The number of para-hydroxylation sites is 1. The van der Waals surface area contributed by atoms with Crippen molar-refractivity contribution in [2.45, 2.75) is 0 Å². The number of furan rings is 2. The van der Waals surface area contributed by atoms with Crippen LogP contribution in [0.1, 0.15) is 0 Å². The molecule has 8 aromatic carbocycles. The van der Waals surface area contributed by atoms with Gasteiger partial charge >= 0.3 is 0 Å². The van der Waals surface area contributed by atoms with Gasteiger partial charge in [0, 0.05) is 67.1 Å². The van der Waals surface area contributed by atoms with Crippen LogP contribution in [0, 0.1) is 0 Å². The molecule has 5 heteroatoms. The number of hydrogen-bond donors (Lipinski definition) is 0. The molecule has 0 saturated carbocycles. The molecule has 50 heavy (non-hydrogen) atoms. The number of hydrogen-bond acceptors (Lipinski definition) is 5. The Labute approximate surface area is 285 Å². The number of fused-ring (bicyclic) bond motifs is 11. The maximum atomic E-state index is 6.58. The smallest absolute Gasteiger partial charge is 0.228 e. The Morgan fingerprint density at radius 2 is 1.06 bits per heavy atom. The summed E-state index contributed by atoms with van der Waals surface area (Å²) >= 11 is 0. The molecule has 11 aromatic rings. The van der Waals surface area contributed by atoms with E-state index in [4.69, 9.17) is 18.2 Å². The summed E-state index contributed by atoms with van der Waals surface area (Å²) in [6, 6.07) is 54.3. The Kier molecular flexibility index (Phi) is 5.60. The van der Waals surface area contributed by atoms with Crippen molar-refractivity contribution in [3.8, 4) is 11.5 Å². The first-order chi connectivity index (χ1) is 24.8. The van der Waals surface area contributed by atoms with Gasteiger partial charge in [0.25, 0.3) is 0 Å². The van der Waals surface area contributed by atoms with Gasteiger partial charge in [-0.2, -0.15) is 0 Å². The van der Waals surface area contributed by atoms with E-state index in [1.165, 1.54) is 0 Å². The highest BCUT2D eigenvalue weighted by Gasteiger charge is 2.21.